The Morgan fingerprint density at radius 3 is 2.47 bits per heavy atom. The van der Waals surface area contributed by atoms with E-state index in [2.05, 4.69) is 56.3 Å². The Bertz CT molecular complexity index is 259. The topological polar surface area (TPSA) is 12.4 Å². The maximum atomic E-state index is 4.66. The minimum absolute atomic E-state index is 0.0632. The number of allylic oxidation sites excluding steroid dienone is 3. The normalized spacial score (nSPS) is 31.3. The zero-order valence-electron chi connectivity index (χ0n) is 10.2. The Morgan fingerprint density at radius 2 is 1.73 bits per heavy atom. The molecule has 1 rings (SSSR count). The van der Waals surface area contributed by atoms with Gasteiger partial charge in [-0.1, -0.05) is 31.2 Å². The van der Waals surface area contributed by atoms with Gasteiger partial charge < -0.3 is 0 Å². The number of rotatable bonds is 0. The fourth-order valence-corrected chi connectivity index (χ4v) is 1.55. The van der Waals surface area contributed by atoms with Crippen molar-refractivity contribution in [3.8, 4) is 0 Å². The van der Waals surface area contributed by atoms with E-state index in [4.69, 9.17) is 0 Å². The standard InChI is InChI=1S/C14H23N/c1-13-10-8-6-4-5-7-9-11-14(2,3)15-12-13/h6-9,12-13H,4-5,10-11H2,1-3H3/b8-6-,9-7-,15-12?. The molecule has 0 aliphatic carbocycles. The molecule has 1 heterocycles. The van der Waals surface area contributed by atoms with Crippen LogP contribution < -0.4 is 0 Å². The highest BCUT2D eigenvalue weighted by Gasteiger charge is 2.13. The average molecular weight is 205 g/mol. The van der Waals surface area contributed by atoms with Gasteiger partial charge >= 0.3 is 0 Å². The lowest BCUT2D eigenvalue weighted by Gasteiger charge is -2.18. The Kier molecular flexibility index (Phi) is 4.80. The molecule has 0 aromatic carbocycles. The molecule has 1 aliphatic rings. The first-order valence-electron chi connectivity index (χ1n) is 5.95. The fraction of sp³-hybridized carbons (Fsp3) is 0.643. The van der Waals surface area contributed by atoms with Crippen LogP contribution in [0.3, 0.4) is 0 Å². The van der Waals surface area contributed by atoms with E-state index in [1.54, 1.807) is 0 Å². The third kappa shape index (κ3) is 5.56. The molecule has 1 nitrogen and oxygen atoms in total. The molecule has 0 radical (unpaired) electrons. The lowest BCUT2D eigenvalue weighted by atomic mass is 10.00. The molecule has 0 N–H and O–H groups in total. The molecule has 0 aromatic rings. The second-order valence-electron chi connectivity index (χ2n) is 5.03. The molecule has 0 bridgehead atoms. The third-order valence-corrected chi connectivity index (χ3v) is 2.64. The summed E-state index contributed by atoms with van der Waals surface area (Å²) in [6.45, 7) is 6.62. The van der Waals surface area contributed by atoms with Gasteiger partial charge in [0.15, 0.2) is 0 Å². The van der Waals surface area contributed by atoms with Crippen LogP contribution in [0.1, 0.15) is 46.5 Å². The highest BCUT2D eigenvalue weighted by atomic mass is 14.8. The van der Waals surface area contributed by atoms with Crippen LogP contribution >= 0.6 is 0 Å². The summed E-state index contributed by atoms with van der Waals surface area (Å²) < 4.78 is 0. The van der Waals surface area contributed by atoms with Crippen LogP contribution in [0.2, 0.25) is 0 Å². The first-order valence-corrected chi connectivity index (χ1v) is 5.95. The van der Waals surface area contributed by atoms with Crippen LogP contribution in [0.15, 0.2) is 29.3 Å². The summed E-state index contributed by atoms with van der Waals surface area (Å²) in [6.07, 6.45) is 15.7. The van der Waals surface area contributed by atoms with Gasteiger partial charge in [-0.15, -0.1) is 0 Å². The van der Waals surface area contributed by atoms with E-state index < -0.39 is 0 Å². The molecule has 1 atom stereocenters. The first-order chi connectivity index (χ1) is 7.10. The summed E-state index contributed by atoms with van der Waals surface area (Å²) in [4.78, 5) is 4.66. The second-order valence-corrected chi connectivity index (χ2v) is 5.03. The van der Waals surface area contributed by atoms with Gasteiger partial charge in [0.25, 0.3) is 0 Å². The predicted octanol–water partition coefficient (Wildman–Crippen LogP) is 4.16. The van der Waals surface area contributed by atoms with E-state index in [1.165, 1.54) is 6.42 Å². The molecular formula is C14H23N. The van der Waals surface area contributed by atoms with E-state index in [1.807, 2.05) is 0 Å². The Labute approximate surface area is 94.0 Å². The lowest BCUT2D eigenvalue weighted by molar-refractivity contribution is 0.528. The molecule has 1 unspecified atom stereocenters. The van der Waals surface area contributed by atoms with Gasteiger partial charge in [-0.25, -0.2) is 0 Å². The van der Waals surface area contributed by atoms with Crippen molar-refractivity contribution < 1.29 is 0 Å². The number of hydrogen-bond acceptors (Lipinski definition) is 1. The SMILES string of the molecule is CC1C=NC(C)(C)C/C=C\CC/C=C\C1. The highest BCUT2D eigenvalue weighted by Crippen LogP contribution is 2.16. The van der Waals surface area contributed by atoms with Gasteiger partial charge in [0.05, 0.1) is 5.54 Å². The second kappa shape index (κ2) is 5.89. The Morgan fingerprint density at radius 1 is 1.07 bits per heavy atom. The summed E-state index contributed by atoms with van der Waals surface area (Å²) in [7, 11) is 0. The van der Waals surface area contributed by atoms with Gasteiger partial charge in [0.1, 0.15) is 0 Å². The molecule has 15 heavy (non-hydrogen) atoms. The molecule has 0 amide bonds. The Hall–Kier alpha value is -0.850. The van der Waals surface area contributed by atoms with Crippen molar-refractivity contribution >= 4 is 6.21 Å². The average Bonchev–Trinajstić information content (AvgIpc) is 2.17. The summed E-state index contributed by atoms with van der Waals surface area (Å²) in [5, 5.41) is 0. The summed E-state index contributed by atoms with van der Waals surface area (Å²) in [5.74, 6) is 0.559. The smallest absolute Gasteiger partial charge is 0.0582 e. The largest absolute Gasteiger partial charge is 0.291 e. The van der Waals surface area contributed by atoms with Crippen molar-refractivity contribution in [3.63, 3.8) is 0 Å². The predicted molar refractivity (Wildman–Crippen MR) is 68.5 cm³/mol. The van der Waals surface area contributed by atoms with Crippen LogP contribution in [0.5, 0.6) is 0 Å². The molecule has 1 aliphatic heterocycles. The van der Waals surface area contributed by atoms with E-state index in [0.29, 0.717) is 5.92 Å². The van der Waals surface area contributed by atoms with Gasteiger partial charge in [-0.05, 0) is 45.4 Å². The van der Waals surface area contributed by atoms with E-state index >= 15 is 0 Å². The molecule has 0 fully saturated rings. The van der Waals surface area contributed by atoms with Crippen molar-refractivity contribution in [2.75, 3.05) is 0 Å². The van der Waals surface area contributed by atoms with Crippen molar-refractivity contribution in [3.05, 3.63) is 24.3 Å². The molecule has 0 saturated heterocycles. The van der Waals surface area contributed by atoms with Gasteiger partial charge in [0, 0.05) is 6.21 Å². The minimum Gasteiger partial charge on any atom is -0.291 e. The summed E-state index contributed by atoms with van der Waals surface area (Å²) >= 11 is 0. The number of aliphatic imine (C=N–C) groups is 1. The van der Waals surface area contributed by atoms with Crippen molar-refractivity contribution in [1.29, 1.82) is 0 Å². The Balaban J connectivity index is 2.66. The third-order valence-electron chi connectivity index (χ3n) is 2.64. The quantitative estimate of drug-likeness (QED) is 0.527. The molecule has 0 spiro atoms. The van der Waals surface area contributed by atoms with E-state index in [-0.39, 0.29) is 5.54 Å². The maximum Gasteiger partial charge on any atom is 0.0582 e. The first kappa shape index (κ1) is 12.2. The van der Waals surface area contributed by atoms with Gasteiger partial charge in [-0.3, -0.25) is 4.99 Å². The maximum absolute atomic E-state index is 4.66. The monoisotopic (exact) mass is 205 g/mol. The zero-order valence-corrected chi connectivity index (χ0v) is 10.2. The van der Waals surface area contributed by atoms with Crippen LogP contribution in [-0.2, 0) is 0 Å². The minimum atomic E-state index is 0.0632. The molecule has 1 heteroatoms. The van der Waals surface area contributed by atoms with Crippen molar-refractivity contribution in [2.24, 2.45) is 10.9 Å². The number of nitrogens with zero attached hydrogens (tertiary/aromatic N) is 1. The number of hydrogen-bond donors (Lipinski definition) is 0. The van der Waals surface area contributed by atoms with Crippen LogP contribution in [-0.4, -0.2) is 11.8 Å². The van der Waals surface area contributed by atoms with E-state index in [0.717, 1.165) is 19.3 Å². The zero-order chi connectivity index (χ0) is 11.1. The molecule has 0 saturated carbocycles. The van der Waals surface area contributed by atoms with Gasteiger partial charge in [-0.2, -0.15) is 0 Å². The van der Waals surface area contributed by atoms with Crippen molar-refractivity contribution in [2.45, 2.75) is 52.0 Å². The van der Waals surface area contributed by atoms with Crippen LogP contribution in [0.4, 0.5) is 0 Å². The molecule has 0 aromatic heterocycles. The molecule has 84 valence electrons. The summed E-state index contributed by atoms with van der Waals surface area (Å²) in [6, 6.07) is 0. The van der Waals surface area contributed by atoms with Gasteiger partial charge in [0.2, 0.25) is 0 Å². The van der Waals surface area contributed by atoms with Crippen LogP contribution in [0, 0.1) is 5.92 Å². The van der Waals surface area contributed by atoms with Crippen LogP contribution in [0.25, 0.3) is 0 Å². The highest BCUT2D eigenvalue weighted by molar-refractivity contribution is 5.61. The summed E-state index contributed by atoms with van der Waals surface area (Å²) in [5.41, 5.74) is 0.0632. The van der Waals surface area contributed by atoms with Crippen molar-refractivity contribution in [1.82, 2.24) is 0 Å². The molecular weight excluding hydrogens is 182 g/mol. The van der Waals surface area contributed by atoms with E-state index in [9.17, 15) is 0 Å². The fourth-order valence-electron chi connectivity index (χ4n) is 1.55. The lowest BCUT2D eigenvalue weighted by Crippen LogP contribution is -2.16.